The van der Waals surface area contributed by atoms with Gasteiger partial charge in [-0.25, -0.2) is 9.97 Å². The molecule has 5 heteroatoms. The van der Waals surface area contributed by atoms with Crippen LogP contribution in [0, 0.1) is 19.8 Å². The van der Waals surface area contributed by atoms with Crippen LogP contribution in [0.1, 0.15) is 45.2 Å². The van der Waals surface area contributed by atoms with Gasteiger partial charge < -0.3 is 4.74 Å². The van der Waals surface area contributed by atoms with Crippen LogP contribution in [0.25, 0.3) is 0 Å². The van der Waals surface area contributed by atoms with Gasteiger partial charge in [-0.1, -0.05) is 12.2 Å². The first kappa shape index (κ1) is 13.5. The van der Waals surface area contributed by atoms with Crippen molar-refractivity contribution in [3.63, 3.8) is 0 Å². The normalized spacial score (nSPS) is 29.0. The van der Waals surface area contributed by atoms with Gasteiger partial charge in [-0.3, -0.25) is 9.59 Å². The van der Waals surface area contributed by atoms with E-state index in [-0.39, 0.29) is 28.9 Å². The van der Waals surface area contributed by atoms with Crippen molar-refractivity contribution in [3.05, 3.63) is 46.1 Å². The lowest BCUT2D eigenvalue weighted by Crippen LogP contribution is -2.47. The summed E-state index contributed by atoms with van der Waals surface area (Å²) in [5, 5.41) is 0. The summed E-state index contributed by atoms with van der Waals surface area (Å²) in [4.78, 5) is 34.6. The quantitative estimate of drug-likeness (QED) is 0.743. The van der Waals surface area contributed by atoms with Crippen molar-refractivity contribution in [2.24, 2.45) is 5.92 Å². The zero-order valence-corrected chi connectivity index (χ0v) is 12.8. The molecule has 1 heterocycles. The van der Waals surface area contributed by atoms with Gasteiger partial charge in [-0.15, -0.1) is 0 Å². The Balaban J connectivity index is 2.00. The maximum absolute atomic E-state index is 13.0. The Morgan fingerprint density at radius 2 is 1.77 bits per heavy atom. The Morgan fingerprint density at radius 3 is 2.32 bits per heavy atom. The highest BCUT2D eigenvalue weighted by molar-refractivity contribution is 6.27. The number of aryl methyl sites for hydroxylation is 2. The van der Waals surface area contributed by atoms with Crippen LogP contribution in [0.2, 0.25) is 0 Å². The van der Waals surface area contributed by atoms with E-state index in [2.05, 4.69) is 9.97 Å². The molecule has 4 aliphatic rings. The summed E-state index contributed by atoms with van der Waals surface area (Å²) in [6.07, 6.45) is 5.44. The van der Waals surface area contributed by atoms with E-state index in [1.165, 1.54) is 0 Å². The van der Waals surface area contributed by atoms with E-state index in [1.54, 1.807) is 21.0 Å². The van der Waals surface area contributed by atoms with Crippen molar-refractivity contribution >= 4 is 11.6 Å². The van der Waals surface area contributed by atoms with Crippen molar-refractivity contribution in [3.8, 4) is 0 Å². The van der Waals surface area contributed by atoms with Gasteiger partial charge in [0.2, 0.25) is 11.6 Å². The predicted molar refractivity (Wildman–Crippen MR) is 78.8 cm³/mol. The Morgan fingerprint density at radius 1 is 1.14 bits per heavy atom. The summed E-state index contributed by atoms with van der Waals surface area (Å²) < 4.78 is 5.66. The van der Waals surface area contributed by atoms with Gasteiger partial charge in [0.1, 0.15) is 17.0 Å². The van der Waals surface area contributed by atoms with Gasteiger partial charge in [0.25, 0.3) is 0 Å². The first-order chi connectivity index (χ1) is 10.5. The molecule has 1 aromatic rings. The largest absolute Gasteiger partial charge is 0.369 e. The summed E-state index contributed by atoms with van der Waals surface area (Å²) in [5.41, 5.74) is 1.97. The molecular weight excluding hydrogens is 280 g/mol. The number of methoxy groups -OCH3 is 1. The second-order valence-electron chi connectivity index (χ2n) is 6.14. The molecule has 0 fully saturated rings. The third kappa shape index (κ3) is 1.47. The average Bonchev–Trinajstić information content (AvgIpc) is 2.54. The van der Waals surface area contributed by atoms with Crippen molar-refractivity contribution in [1.29, 1.82) is 0 Å². The number of Topliss-reactive ketones (excluding diaryl/α,β-unsaturated/α-hetero) is 2. The van der Waals surface area contributed by atoms with Crippen LogP contribution in [0.15, 0.2) is 23.3 Å². The zero-order chi connectivity index (χ0) is 15.6. The van der Waals surface area contributed by atoms with E-state index in [4.69, 9.17) is 4.74 Å². The molecule has 5 nitrogen and oxygen atoms in total. The SMILES string of the molecule is CO[C@]12C=C[C@@H](CC1)C1=C2C(=O)c2nc(C)c(C)nc2C1=O. The fourth-order valence-corrected chi connectivity index (χ4v) is 3.72. The van der Waals surface area contributed by atoms with Crippen LogP contribution in [0.4, 0.5) is 0 Å². The second kappa shape index (κ2) is 4.20. The Bertz CT molecular complexity index is 806. The zero-order valence-electron chi connectivity index (χ0n) is 12.8. The number of hydrogen-bond donors (Lipinski definition) is 0. The Kier molecular flexibility index (Phi) is 2.58. The standard InChI is InChI=1S/C17H16N2O3/c1-8-9(2)19-14-13(18-8)15(20)11-10-4-6-17(22-3,7-5-10)12(11)16(14)21/h4,6,10H,5,7H2,1-3H3/t10-,17+/m0/s1. The lowest BCUT2D eigenvalue weighted by Gasteiger charge is -2.44. The summed E-state index contributed by atoms with van der Waals surface area (Å²) in [6.45, 7) is 3.59. The number of ether oxygens (including phenoxy) is 1. The van der Waals surface area contributed by atoms with Crippen LogP contribution >= 0.6 is 0 Å². The van der Waals surface area contributed by atoms with Gasteiger partial charge >= 0.3 is 0 Å². The number of carbonyl (C=O) groups excluding carboxylic acids is 2. The molecule has 0 amide bonds. The van der Waals surface area contributed by atoms with E-state index in [9.17, 15) is 9.59 Å². The first-order valence-corrected chi connectivity index (χ1v) is 7.42. The fourth-order valence-electron chi connectivity index (χ4n) is 3.72. The molecule has 5 rings (SSSR count). The fraction of sp³-hybridized carbons (Fsp3) is 0.412. The summed E-state index contributed by atoms with van der Waals surface area (Å²) in [5.74, 6) is -0.396. The molecule has 2 atom stereocenters. The van der Waals surface area contributed by atoms with Crippen LogP contribution in [0.3, 0.4) is 0 Å². The molecule has 1 aromatic heterocycles. The van der Waals surface area contributed by atoms with Gasteiger partial charge in [0.05, 0.1) is 11.4 Å². The summed E-state index contributed by atoms with van der Waals surface area (Å²) >= 11 is 0. The molecule has 112 valence electrons. The Hall–Kier alpha value is -2.14. The molecule has 0 spiro atoms. The molecule has 4 aliphatic carbocycles. The molecule has 0 aliphatic heterocycles. The van der Waals surface area contributed by atoms with Crippen molar-refractivity contribution < 1.29 is 14.3 Å². The number of aromatic nitrogens is 2. The van der Waals surface area contributed by atoms with Gasteiger partial charge in [-0.2, -0.15) is 0 Å². The first-order valence-electron chi connectivity index (χ1n) is 7.42. The molecule has 22 heavy (non-hydrogen) atoms. The smallest absolute Gasteiger partial charge is 0.213 e. The minimum absolute atomic E-state index is 0.0139. The van der Waals surface area contributed by atoms with E-state index >= 15 is 0 Å². The highest BCUT2D eigenvalue weighted by atomic mass is 16.5. The van der Waals surface area contributed by atoms with E-state index < -0.39 is 5.60 Å². The van der Waals surface area contributed by atoms with Crippen molar-refractivity contribution in [2.75, 3.05) is 7.11 Å². The van der Waals surface area contributed by atoms with E-state index in [0.717, 1.165) is 12.8 Å². The van der Waals surface area contributed by atoms with Crippen LogP contribution in [0.5, 0.6) is 0 Å². The third-order valence-corrected chi connectivity index (χ3v) is 5.06. The molecule has 0 aromatic carbocycles. The Labute approximate surface area is 128 Å². The maximum Gasteiger partial charge on any atom is 0.213 e. The summed E-state index contributed by atoms with van der Waals surface area (Å²) in [7, 11) is 1.58. The number of carbonyl (C=O) groups is 2. The van der Waals surface area contributed by atoms with Gasteiger partial charge in [0, 0.05) is 24.2 Å². The summed E-state index contributed by atoms with van der Waals surface area (Å²) in [6, 6.07) is 0. The van der Waals surface area contributed by atoms with Gasteiger partial charge in [0.15, 0.2) is 0 Å². The van der Waals surface area contributed by atoms with E-state index in [1.807, 2.05) is 12.2 Å². The van der Waals surface area contributed by atoms with Crippen molar-refractivity contribution in [2.45, 2.75) is 32.3 Å². The maximum atomic E-state index is 13.0. The molecule has 0 unspecified atom stereocenters. The molecule has 0 N–H and O–H groups in total. The number of fused-ring (bicyclic) bond motifs is 2. The number of nitrogens with zero attached hydrogens (tertiary/aromatic N) is 2. The minimum atomic E-state index is -0.783. The lowest BCUT2D eigenvalue weighted by molar-refractivity contribution is 0.0340. The molecule has 2 bridgehead atoms. The molecule has 0 saturated heterocycles. The molecule has 0 radical (unpaired) electrons. The third-order valence-electron chi connectivity index (χ3n) is 5.06. The van der Waals surface area contributed by atoms with Crippen LogP contribution in [-0.2, 0) is 4.74 Å². The number of hydrogen-bond acceptors (Lipinski definition) is 5. The number of ketones is 2. The minimum Gasteiger partial charge on any atom is -0.369 e. The number of allylic oxidation sites excluding steroid dienone is 2. The van der Waals surface area contributed by atoms with Crippen molar-refractivity contribution in [1.82, 2.24) is 9.97 Å². The topological polar surface area (TPSA) is 69.2 Å². The monoisotopic (exact) mass is 296 g/mol. The van der Waals surface area contributed by atoms with Crippen LogP contribution < -0.4 is 0 Å². The van der Waals surface area contributed by atoms with Crippen LogP contribution in [-0.4, -0.2) is 34.2 Å². The van der Waals surface area contributed by atoms with Gasteiger partial charge in [-0.05, 0) is 26.7 Å². The molecular formula is C17H16N2O3. The lowest BCUT2D eigenvalue weighted by atomic mass is 9.63. The predicted octanol–water partition coefficient (Wildman–Crippen LogP) is 2.13. The molecule has 0 saturated carbocycles. The second-order valence-corrected chi connectivity index (χ2v) is 6.14. The highest BCUT2D eigenvalue weighted by Crippen LogP contribution is 2.49. The highest BCUT2D eigenvalue weighted by Gasteiger charge is 2.52. The van der Waals surface area contributed by atoms with E-state index in [0.29, 0.717) is 22.5 Å². The number of rotatable bonds is 1. The average molecular weight is 296 g/mol.